The first-order valence-corrected chi connectivity index (χ1v) is 11.7. The van der Waals surface area contributed by atoms with Crippen LogP contribution in [0, 0.1) is 0 Å². The number of benzene rings is 3. The van der Waals surface area contributed by atoms with Gasteiger partial charge in [0.2, 0.25) is 0 Å². The van der Waals surface area contributed by atoms with Gasteiger partial charge in [0.15, 0.2) is 0 Å². The van der Waals surface area contributed by atoms with Gasteiger partial charge in [0.25, 0.3) is 11.8 Å². The van der Waals surface area contributed by atoms with Crippen LogP contribution in [0.5, 0.6) is 5.75 Å². The van der Waals surface area contributed by atoms with Gasteiger partial charge in [-0.3, -0.25) is 14.5 Å². The maximum absolute atomic E-state index is 13.1. The minimum atomic E-state index is -4.54. The molecule has 1 aliphatic rings. The van der Waals surface area contributed by atoms with Crippen LogP contribution in [0.15, 0.2) is 72.8 Å². The average Bonchev–Trinajstić information content (AvgIpc) is 2.89. The Balaban J connectivity index is 1.44. The lowest BCUT2D eigenvalue weighted by molar-refractivity contribution is -0.137. The van der Waals surface area contributed by atoms with Crippen molar-refractivity contribution < 1.29 is 32.2 Å². The Morgan fingerprint density at radius 1 is 0.865 bits per heavy atom. The lowest BCUT2D eigenvalue weighted by Gasteiger charge is -2.26. The Kier molecular flexibility index (Phi) is 8.42. The lowest BCUT2D eigenvalue weighted by Crippen LogP contribution is -2.38. The molecule has 0 atom stereocenters. The SMILES string of the molecule is O=C(Nc1cccc(C(F)(F)F)c1)c1ccccc1NC(=O)c1ccccc1OCCN1CCOCC1. The van der Waals surface area contributed by atoms with Crippen molar-refractivity contribution in [3.63, 3.8) is 0 Å². The zero-order valence-electron chi connectivity index (χ0n) is 19.9. The van der Waals surface area contributed by atoms with E-state index in [0.717, 1.165) is 25.2 Å². The molecule has 1 heterocycles. The number of para-hydroxylation sites is 2. The highest BCUT2D eigenvalue weighted by Gasteiger charge is 2.30. The fourth-order valence-electron chi connectivity index (χ4n) is 3.84. The van der Waals surface area contributed by atoms with Gasteiger partial charge in [-0.05, 0) is 42.5 Å². The minimum absolute atomic E-state index is 0.0139. The molecule has 2 amide bonds. The molecule has 0 bridgehead atoms. The summed E-state index contributed by atoms with van der Waals surface area (Å²) in [5, 5.41) is 5.19. The van der Waals surface area contributed by atoms with Crippen molar-refractivity contribution >= 4 is 23.2 Å². The molecular weight excluding hydrogens is 487 g/mol. The highest BCUT2D eigenvalue weighted by Crippen LogP contribution is 2.31. The number of ether oxygens (including phenoxy) is 2. The summed E-state index contributed by atoms with van der Waals surface area (Å²) in [6, 6.07) is 17.4. The van der Waals surface area contributed by atoms with Crippen molar-refractivity contribution in [3.8, 4) is 5.75 Å². The van der Waals surface area contributed by atoms with Gasteiger partial charge < -0.3 is 20.1 Å². The van der Waals surface area contributed by atoms with Crippen LogP contribution in [-0.4, -0.2) is 56.2 Å². The molecule has 2 N–H and O–H groups in total. The molecule has 1 saturated heterocycles. The third-order valence-electron chi connectivity index (χ3n) is 5.77. The normalized spacial score (nSPS) is 14.1. The van der Waals surface area contributed by atoms with E-state index >= 15 is 0 Å². The van der Waals surface area contributed by atoms with E-state index in [4.69, 9.17) is 9.47 Å². The highest BCUT2D eigenvalue weighted by atomic mass is 19.4. The molecule has 0 unspecified atom stereocenters. The van der Waals surface area contributed by atoms with Crippen LogP contribution in [0.1, 0.15) is 26.3 Å². The van der Waals surface area contributed by atoms with E-state index in [1.807, 2.05) is 0 Å². The maximum Gasteiger partial charge on any atom is 0.416 e. The van der Waals surface area contributed by atoms with E-state index in [1.165, 1.54) is 18.2 Å². The molecule has 7 nitrogen and oxygen atoms in total. The summed E-state index contributed by atoms with van der Waals surface area (Å²) in [5.74, 6) is -0.745. The summed E-state index contributed by atoms with van der Waals surface area (Å²) in [6.07, 6.45) is -4.54. The molecule has 3 aromatic rings. The van der Waals surface area contributed by atoms with Crippen LogP contribution < -0.4 is 15.4 Å². The number of alkyl halides is 3. The van der Waals surface area contributed by atoms with Crippen LogP contribution in [0.3, 0.4) is 0 Å². The molecule has 1 aliphatic heterocycles. The van der Waals surface area contributed by atoms with Crippen LogP contribution in [0.25, 0.3) is 0 Å². The average molecular weight is 514 g/mol. The van der Waals surface area contributed by atoms with Crippen molar-refractivity contribution in [3.05, 3.63) is 89.5 Å². The maximum atomic E-state index is 13.1. The van der Waals surface area contributed by atoms with E-state index < -0.39 is 23.6 Å². The first-order valence-electron chi connectivity index (χ1n) is 11.7. The van der Waals surface area contributed by atoms with Crippen LogP contribution in [0.2, 0.25) is 0 Å². The minimum Gasteiger partial charge on any atom is -0.491 e. The monoisotopic (exact) mass is 513 g/mol. The lowest BCUT2D eigenvalue weighted by atomic mass is 10.1. The van der Waals surface area contributed by atoms with Gasteiger partial charge in [0.05, 0.1) is 35.6 Å². The van der Waals surface area contributed by atoms with Crippen molar-refractivity contribution in [1.82, 2.24) is 4.90 Å². The second-order valence-electron chi connectivity index (χ2n) is 8.33. The molecule has 10 heteroatoms. The van der Waals surface area contributed by atoms with E-state index in [-0.39, 0.29) is 22.5 Å². The topological polar surface area (TPSA) is 79.9 Å². The van der Waals surface area contributed by atoms with Gasteiger partial charge in [0, 0.05) is 25.3 Å². The zero-order valence-corrected chi connectivity index (χ0v) is 19.9. The van der Waals surface area contributed by atoms with Crippen LogP contribution in [0.4, 0.5) is 24.5 Å². The van der Waals surface area contributed by atoms with Gasteiger partial charge in [-0.1, -0.05) is 30.3 Å². The number of nitrogens with one attached hydrogen (secondary N) is 2. The predicted octanol–water partition coefficient (Wildman–Crippen LogP) is 4.92. The number of amides is 2. The standard InChI is InChI=1S/C27H26F3N3O4/c28-27(29,30)19-6-5-7-20(18-19)31-25(34)21-8-1-3-10-23(21)32-26(35)22-9-2-4-11-24(22)37-17-14-33-12-15-36-16-13-33/h1-11,18H,12-17H2,(H,31,34)(H,32,35). The van der Waals surface area contributed by atoms with Gasteiger partial charge in [-0.25, -0.2) is 0 Å². The molecule has 4 rings (SSSR count). The third kappa shape index (κ3) is 7.08. The first kappa shape index (κ1) is 26.2. The molecule has 1 fully saturated rings. The van der Waals surface area contributed by atoms with Crippen molar-refractivity contribution in [2.45, 2.75) is 6.18 Å². The zero-order chi connectivity index (χ0) is 26.3. The third-order valence-corrected chi connectivity index (χ3v) is 5.77. The van der Waals surface area contributed by atoms with Crippen LogP contribution in [-0.2, 0) is 10.9 Å². The Bertz CT molecular complexity index is 1240. The van der Waals surface area contributed by atoms with E-state index in [1.54, 1.807) is 42.5 Å². The molecule has 3 aromatic carbocycles. The van der Waals surface area contributed by atoms with Crippen LogP contribution >= 0.6 is 0 Å². The van der Waals surface area contributed by atoms with Gasteiger partial charge in [-0.15, -0.1) is 0 Å². The van der Waals surface area contributed by atoms with E-state index in [0.29, 0.717) is 32.1 Å². The van der Waals surface area contributed by atoms with Crippen molar-refractivity contribution in [2.75, 3.05) is 50.1 Å². The number of rotatable bonds is 8. The predicted molar refractivity (Wildman–Crippen MR) is 133 cm³/mol. The number of hydrogen-bond donors (Lipinski definition) is 2. The molecule has 0 saturated carbocycles. The summed E-state index contributed by atoms with van der Waals surface area (Å²) >= 11 is 0. The molecule has 0 spiro atoms. The molecule has 194 valence electrons. The second-order valence-corrected chi connectivity index (χ2v) is 8.33. The fourth-order valence-corrected chi connectivity index (χ4v) is 3.84. The smallest absolute Gasteiger partial charge is 0.416 e. The van der Waals surface area contributed by atoms with Gasteiger partial charge in [0.1, 0.15) is 12.4 Å². The summed E-state index contributed by atoms with van der Waals surface area (Å²) in [4.78, 5) is 28.2. The molecule has 0 aliphatic carbocycles. The summed E-state index contributed by atoms with van der Waals surface area (Å²) < 4.78 is 50.3. The summed E-state index contributed by atoms with van der Waals surface area (Å²) in [5.41, 5.74) is -0.297. The van der Waals surface area contributed by atoms with Crippen molar-refractivity contribution in [1.29, 1.82) is 0 Å². The highest BCUT2D eigenvalue weighted by molar-refractivity contribution is 6.13. The molecule has 0 aromatic heterocycles. The number of morpholine rings is 1. The molecule has 37 heavy (non-hydrogen) atoms. The Labute approximate surface area is 212 Å². The number of nitrogens with zero attached hydrogens (tertiary/aromatic N) is 1. The Morgan fingerprint density at radius 3 is 2.30 bits per heavy atom. The van der Waals surface area contributed by atoms with Gasteiger partial charge >= 0.3 is 6.18 Å². The molecular formula is C27H26F3N3O4. The number of carbonyl (C=O) groups excluding carboxylic acids is 2. The summed E-state index contributed by atoms with van der Waals surface area (Å²) in [6.45, 7) is 4.09. The second kappa shape index (κ2) is 11.9. The van der Waals surface area contributed by atoms with E-state index in [9.17, 15) is 22.8 Å². The fraction of sp³-hybridized carbons (Fsp3) is 0.259. The number of hydrogen-bond acceptors (Lipinski definition) is 5. The molecule has 0 radical (unpaired) electrons. The number of anilines is 2. The quantitative estimate of drug-likeness (QED) is 0.447. The van der Waals surface area contributed by atoms with Gasteiger partial charge in [-0.2, -0.15) is 13.2 Å². The Morgan fingerprint density at radius 2 is 1.54 bits per heavy atom. The number of halogens is 3. The van der Waals surface area contributed by atoms with Crippen molar-refractivity contribution in [2.24, 2.45) is 0 Å². The van der Waals surface area contributed by atoms with E-state index in [2.05, 4.69) is 15.5 Å². The summed E-state index contributed by atoms with van der Waals surface area (Å²) in [7, 11) is 0. The number of carbonyl (C=O) groups is 2. The first-order chi connectivity index (χ1) is 17.8. The Hall–Kier alpha value is -3.89. The largest absolute Gasteiger partial charge is 0.491 e.